The highest BCUT2D eigenvalue weighted by molar-refractivity contribution is 8.00. The van der Waals surface area contributed by atoms with Crippen molar-refractivity contribution in [3.63, 3.8) is 0 Å². The predicted molar refractivity (Wildman–Crippen MR) is 70.5 cm³/mol. The second-order valence-corrected chi connectivity index (χ2v) is 5.02. The Bertz CT molecular complexity index is 552. The van der Waals surface area contributed by atoms with E-state index in [1.807, 2.05) is 0 Å². The minimum Gasteiger partial charge on any atom is -0.480 e. The largest absolute Gasteiger partial charge is 0.480 e. The van der Waals surface area contributed by atoms with Gasteiger partial charge in [0.05, 0.1) is 12.3 Å². The van der Waals surface area contributed by atoms with Gasteiger partial charge in [-0.3, -0.25) is 14.4 Å². The van der Waals surface area contributed by atoms with Crippen LogP contribution in [0.4, 0.5) is 8.78 Å². The molecule has 0 fully saturated rings. The van der Waals surface area contributed by atoms with Gasteiger partial charge in [0.15, 0.2) is 11.6 Å². The van der Waals surface area contributed by atoms with Crippen LogP contribution in [0, 0.1) is 11.6 Å². The first-order valence-corrected chi connectivity index (χ1v) is 6.64. The Morgan fingerprint density at radius 3 is 2.38 bits per heavy atom. The molecule has 2 amide bonds. The highest BCUT2D eigenvalue weighted by Gasteiger charge is 2.19. The number of carboxylic acids is 1. The second kappa shape index (κ2) is 7.58. The topological polar surface area (TPSA) is 101 Å². The van der Waals surface area contributed by atoms with Gasteiger partial charge < -0.3 is 15.7 Å². The van der Waals surface area contributed by atoms with Crippen LogP contribution in [-0.4, -0.2) is 46.6 Å². The number of carbonyl (C=O) groups excluding carboxylic acids is 2. The van der Waals surface area contributed by atoms with E-state index in [0.29, 0.717) is 4.90 Å². The molecule has 0 heterocycles. The molecule has 0 aromatic heterocycles. The van der Waals surface area contributed by atoms with E-state index in [2.05, 4.69) is 0 Å². The molecule has 0 atom stereocenters. The number of thioether (sulfide) groups is 1. The molecule has 0 aliphatic heterocycles. The molecule has 21 heavy (non-hydrogen) atoms. The maximum Gasteiger partial charge on any atom is 0.323 e. The predicted octanol–water partition coefficient (Wildman–Crippen LogP) is 0.455. The van der Waals surface area contributed by atoms with Crippen LogP contribution in [0.3, 0.4) is 0 Å². The summed E-state index contributed by atoms with van der Waals surface area (Å²) in [5.74, 6) is -5.07. The fourth-order valence-corrected chi connectivity index (χ4v) is 2.21. The first-order chi connectivity index (χ1) is 9.79. The van der Waals surface area contributed by atoms with Gasteiger partial charge in [-0.1, -0.05) is 0 Å². The highest BCUT2D eigenvalue weighted by atomic mass is 32.2. The molecule has 0 aliphatic carbocycles. The van der Waals surface area contributed by atoms with Crippen molar-refractivity contribution in [1.82, 2.24) is 4.90 Å². The SMILES string of the molecule is NC(=O)CN(CC(=O)O)C(=O)CSc1ccc(F)c(F)c1. The Balaban J connectivity index is 2.65. The summed E-state index contributed by atoms with van der Waals surface area (Å²) >= 11 is 0.891. The molecule has 6 nitrogen and oxygen atoms in total. The van der Waals surface area contributed by atoms with Crippen molar-refractivity contribution >= 4 is 29.5 Å². The third-order valence-corrected chi connectivity index (χ3v) is 3.26. The van der Waals surface area contributed by atoms with Crippen LogP contribution in [0.2, 0.25) is 0 Å². The fourth-order valence-electron chi connectivity index (χ4n) is 1.39. The van der Waals surface area contributed by atoms with Crippen LogP contribution in [0.5, 0.6) is 0 Å². The van der Waals surface area contributed by atoms with E-state index in [0.717, 1.165) is 28.8 Å². The molecule has 1 aromatic rings. The molecule has 9 heteroatoms. The maximum absolute atomic E-state index is 13.0. The molecule has 3 N–H and O–H groups in total. The zero-order valence-electron chi connectivity index (χ0n) is 10.7. The average Bonchev–Trinajstić information content (AvgIpc) is 2.38. The molecule has 1 aromatic carbocycles. The number of rotatable bonds is 7. The van der Waals surface area contributed by atoms with E-state index in [4.69, 9.17) is 10.8 Å². The molecule has 0 spiro atoms. The Kier molecular flexibility index (Phi) is 6.10. The molecular formula is C12H12F2N2O4S. The van der Waals surface area contributed by atoms with Crippen molar-refractivity contribution in [1.29, 1.82) is 0 Å². The van der Waals surface area contributed by atoms with Crippen LogP contribution in [-0.2, 0) is 14.4 Å². The smallest absolute Gasteiger partial charge is 0.323 e. The molecule has 0 unspecified atom stereocenters. The summed E-state index contributed by atoms with van der Waals surface area (Å²) in [6, 6.07) is 3.12. The van der Waals surface area contributed by atoms with Gasteiger partial charge in [-0.25, -0.2) is 8.78 Å². The highest BCUT2D eigenvalue weighted by Crippen LogP contribution is 2.20. The van der Waals surface area contributed by atoms with Gasteiger partial charge in [-0.2, -0.15) is 0 Å². The van der Waals surface area contributed by atoms with E-state index >= 15 is 0 Å². The molecule has 114 valence electrons. The lowest BCUT2D eigenvalue weighted by molar-refractivity contribution is -0.144. The van der Waals surface area contributed by atoms with Crippen molar-refractivity contribution in [3.8, 4) is 0 Å². The molecule has 0 saturated carbocycles. The van der Waals surface area contributed by atoms with Crippen molar-refractivity contribution in [2.75, 3.05) is 18.8 Å². The molecular weight excluding hydrogens is 306 g/mol. The summed E-state index contributed by atoms with van der Waals surface area (Å²) in [6.07, 6.45) is 0. The Labute approximate surface area is 122 Å². The number of aliphatic carboxylic acids is 1. The summed E-state index contributed by atoms with van der Waals surface area (Å²) in [6.45, 7) is -1.19. The van der Waals surface area contributed by atoms with Crippen LogP contribution < -0.4 is 5.73 Å². The van der Waals surface area contributed by atoms with Gasteiger partial charge in [0.2, 0.25) is 11.8 Å². The summed E-state index contributed by atoms with van der Waals surface area (Å²) in [5.41, 5.74) is 4.93. The van der Waals surface area contributed by atoms with Crippen LogP contribution in [0.15, 0.2) is 23.1 Å². The summed E-state index contributed by atoms with van der Waals surface area (Å²) in [7, 11) is 0. The quantitative estimate of drug-likeness (QED) is 0.711. The van der Waals surface area contributed by atoms with Crippen LogP contribution in [0.25, 0.3) is 0 Å². The molecule has 0 saturated heterocycles. The molecule has 0 bridgehead atoms. The van der Waals surface area contributed by atoms with E-state index in [1.54, 1.807) is 0 Å². The normalized spacial score (nSPS) is 10.2. The van der Waals surface area contributed by atoms with Gasteiger partial charge in [0.25, 0.3) is 0 Å². The molecule has 0 radical (unpaired) electrons. The minimum absolute atomic E-state index is 0.231. The number of halogens is 2. The third-order valence-electron chi connectivity index (χ3n) is 2.28. The lowest BCUT2D eigenvalue weighted by Gasteiger charge is -2.18. The van der Waals surface area contributed by atoms with Crippen molar-refractivity contribution in [2.45, 2.75) is 4.90 Å². The van der Waals surface area contributed by atoms with Crippen LogP contribution in [0.1, 0.15) is 0 Å². The van der Waals surface area contributed by atoms with Gasteiger partial charge in [-0.15, -0.1) is 11.8 Å². The Morgan fingerprint density at radius 2 is 1.86 bits per heavy atom. The van der Waals surface area contributed by atoms with Gasteiger partial charge in [-0.05, 0) is 18.2 Å². The number of hydrogen-bond donors (Lipinski definition) is 2. The van der Waals surface area contributed by atoms with Crippen LogP contribution >= 0.6 is 11.8 Å². The van der Waals surface area contributed by atoms with E-state index in [1.165, 1.54) is 6.07 Å². The van der Waals surface area contributed by atoms with E-state index in [-0.39, 0.29) is 5.75 Å². The number of hydrogen-bond acceptors (Lipinski definition) is 4. The fraction of sp³-hybridized carbons (Fsp3) is 0.250. The number of nitrogens with zero attached hydrogens (tertiary/aromatic N) is 1. The summed E-state index contributed by atoms with van der Waals surface area (Å²) < 4.78 is 25.7. The summed E-state index contributed by atoms with van der Waals surface area (Å²) in [5, 5.41) is 8.65. The van der Waals surface area contributed by atoms with Gasteiger partial charge in [0.1, 0.15) is 6.54 Å². The number of carboxylic acid groups (broad SMARTS) is 1. The number of primary amides is 1. The zero-order chi connectivity index (χ0) is 16.0. The van der Waals surface area contributed by atoms with Crippen molar-refractivity contribution < 1.29 is 28.3 Å². The second-order valence-electron chi connectivity index (χ2n) is 3.97. The Morgan fingerprint density at radius 1 is 1.19 bits per heavy atom. The number of carbonyl (C=O) groups is 3. The number of amides is 2. The third kappa shape index (κ3) is 5.78. The Hall–Kier alpha value is -2.16. The lowest BCUT2D eigenvalue weighted by Crippen LogP contribution is -2.42. The van der Waals surface area contributed by atoms with Crippen molar-refractivity contribution in [3.05, 3.63) is 29.8 Å². The molecule has 1 rings (SSSR count). The monoisotopic (exact) mass is 318 g/mol. The number of nitrogens with two attached hydrogens (primary N) is 1. The average molecular weight is 318 g/mol. The summed E-state index contributed by atoms with van der Waals surface area (Å²) in [4.78, 5) is 34.3. The molecule has 0 aliphatic rings. The first-order valence-electron chi connectivity index (χ1n) is 5.65. The first kappa shape index (κ1) is 16.9. The lowest BCUT2D eigenvalue weighted by atomic mass is 10.3. The van der Waals surface area contributed by atoms with E-state index < -0.39 is 42.5 Å². The zero-order valence-corrected chi connectivity index (χ0v) is 11.5. The van der Waals surface area contributed by atoms with E-state index in [9.17, 15) is 23.2 Å². The number of benzene rings is 1. The maximum atomic E-state index is 13.0. The minimum atomic E-state index is -1.29. The van der Waals surface area contributed by atoms with Crippen molar-refractivity contribution in [2.24, 2.45) is 5.73 Å². The van der Waals surface area contributed by atoms with Gasteiger partial charge >= 0.3 is 5.97 Å². The van der Waals surface area contributed by atoms with Gasteiger partial charge in [0, 0.05) is 4.90 Å². The standard InChI is InChI=1S/C12H12F2N2O4S/c13-8-2-1-7(3-9(8)14)21-6-11(18)16(4-10(15)17)5-12(19)20/h1-3H,4-6H2,(H2,15,17)(H,19,20).